The average Bonchev–Trinajstić information content (AvgIpc) is 2.79. The van der Waals surface area contributed by atoms with Crippen molar-refractivity contribution < 1.29 is 57.6 Å². The largest absolute Gasteiger partial charge is 0.460 e. The fraction of sp³-hybridized carbons (Fsp3) is 0.200. The van der Waals surface area contributed by atoms with E-state index in [9.17, 15) is 47.9 Å². The van der Waals surface area contributed by atoms with Crippen LogP contribution in [0.2, 0.25) is 0 Å². The van der Waals surface area contributed by atoms with E-state index in [-0.39, 0.29) is 5.56 Å². The molecule has 3 nitrogen and oxygen atoms in total. The van der Waals surface area contributed by atoms with Gasteiger partial charge in [0.2, 0.25) is 0 Å². The van der Waals surface area contributed by atoms with Crippen molar-refractivity contribution >= 4 is 20.9 Å². The predicted octanol–water partition coefficient (Wildman–Crippen LogP) is 6.64. The third kappa shape index (κ3) is 4.09. The van der Waals surface area contributed by atoms with E-state index in [4.69, 9.17) is 5.48 Å². The zero-order valence-electron chi connectivity index (χ0n) is 19.6. The van der Waals surface area contributed by atoms with Crippen molar-refractivity contribution in [3.05, 3.63) is 66.6 Å². The van der Waals surface area contributed by atoms with Crippen LogP contribution in [-0.2, 0) is 10.1 Å². The molecule has 0 aliphatic rings. The molecule has 0 aromatic heterocycles. The van der Waals surface area contributed by atoms with Gasteiger partial charge < -0.3 is 4.18 Å². The van der Waals surface area contributed by atoms with Crippen molar-refractivity contribution in [3.63, 3.8) is 0 Å². The third-order valence-electron chi connectivity index (χ3n) is 4.26. The Morgan fingerprint density at radius 2 is 1.24 bits per heavy atom. The van der Waals surface area contributed by atoms with Crippen LogP contribution in [0.25, 0.3) is 21.9 Å². The first-order chi connectivity index (χ1) is 16.7. The van der Waals surface area contributed by atoms with Gasteiger partial charge in [-0.1, -0.05) is 48.5 Å². The molecule has 0 amide bonds. The fourth-order valence-corrected chi connectivity index (χ4v) is 3.36. The molecule has 0 unspecified atom stereocenters. The minimum Gasteiger partial charge on any atom is -0.378 e. The lowest BCUT2D eigenvalue weighted by Gasteiger charge is -2.32. The second kappa shape index (κ2) is 7.82. The monoisotopic (exact) mass is 506 g/mol. The van der Waals surface area contributed by atoms with E-state index < -0.39 is 68.9 Å². The Morgan fingerprint density at radius 1 is 0.697 bits per heavy atom. The van der Waals surface area contributed by atoms with Crippen LogP contribution in [0.1, 0.15) is 5.48 Å². The van der Waals surface area contributed by atoms with Crippen LogP contribution in [0, 0.1) is 0 Å². The number of benzene rings is 3. The maximum absolute atomic E-state index is 14.0. The maximum Gasteiger partial charge on any atom is 0.460 e. The van der Waals surface area contributed by atoms with Crippen LogP contribution < -0.4 is 4.18 Å². The molecule has 0 N–H and O–H groups in total. The Balaban J connectivity index is 2.14. The second-order valence-electron chi connectivity index (χ2n) is 6.47. The summed E-state index contributed by atoms with van der Waals surface area (Å²) in [7, 11) is -7.47. The highest BCUT2D eigenvalue weighted by atomic mass is 32.2. The van der Waals surface area contributed by atoms with Crippen molar-refractivity contribution in [3.8, 4) is 16.9 Å². The maximum atomic E-state index is 14.0. The van der Waals surface area contributed by atoms with Gasteiger partial charge in [-0.15, -0.1) is 0 Å². The lowest BCUT2D eigenvalue weighted by atomic mass is 10.0. The number of alkyl halides is 9. The van der Waals surface area contributed by atoms with E-state index >= 15 is 0 Å². The summed E-state index contributed by atoms with van der Waals surface area (Å²) in [6.07, 6.45) is -7.30. The molecule has 0 fully saturated rings. The van der Waals surface area contributed by atoms with Gasteiger partial charge in [0.15, 0.2) is 0 Å². The van der Waals surface area contributed by atoms with Gasteiger partial charge >= 0.3 is 33.4 Å². The van der Waals surface area contributed by atoms with E-state index in [0.29, 0.717) is 10.8 Å². The zero-order valence-corrected chi connectivity index (χ0v) is 16.4. The number of rotatable bonds is 6. The molecule has 0 radical (unpaired) electrons. The normalized spacial score (nSPS) is 15.5. The van der Waals surface area contributed by atoms with Gasteiger partial charge in [-0.3, -0.25) is 0 Å². The first kappa shape index (κ1) is 19.5. The van der Waals surface area contributed by atoms with Crippen molar-refractivity contribution in [1.82, 2.24) is 0 Å². The topological polar surface area (TPSA) is 43.4 Å². The van der Waals surface area contributed by atoms with Gasteiger partial charge in [-0.25, -0.2) is 0 Å². The molecule has 3 aromatic rings. The van der Waals surface area contributed by atoms with E-state index in [2.05, 4.69) is 4.18 Å². The Hall–Kier alpha value is -2.96. The second-order valence-corrected chi connectivity index (χ2v) is 8.05. The molecule has 178 valence electrons. The average molecular weight is 506 g/mol. The molecule has 3 aromatic carbocycles. The van der Waals surface area contributed by atoms with Gasteiger partial charge in [0.25, 0.3) is 0 Å². The number of fused-ring (bicyclic) bond motifs is 1. The highest BCUT2D eigenvalue weighted by Gasteiger charge is 2.86. The van der Waals surface area contributed by atoms with Crippen molar-refractivity contribution in [2.24, 2.45) is 0 Å². The Kier molecular flexibility index (Phi) is 4.62. The molecule has 0 aliphatic carbocycles. The first-order valence-corrected chi connectivity index (χ1v) is 9.83. The molecular weight excluding hydrogens is 491 g/mol. The molecular formula is C20H11F9O3S. The minimum atomic E-state index is -7.60. The van der Waals surface area contributed by atoms with Gasteiger partial charge in [0, 0.05) is 0 Å². The SMILES string of the molecule is [2H]c1c([2H])c(-c2ccc3ccccc3c2)c([2H])c([2H])c1OS(=O)(=O)C(F)(F)C(F)(F)C(F)(F)C(F)(F)F. The summed E-state index contributed by atoms with van der Waals surface area (Å²) < 4.78 is 177. The Bertz CT molecular complexity index is 1460. The quantitative estimate of drug-likeness (QED) is 0.278. The van der Waals surface area contributed by atoms with Crippen molar-refractivity contribution in [1.29, 1.82) is 0 Å². The van der Waals surface area contributed by atoms with Crippen LogP contribution in [0.15, 0.2) is 66.6 Å². The van der Waals surface area contributed by atoms with Gasteiger partial charge in [-0.05, 0) is 40.1 Å². The molecule has 0 spiro atoms. The summed E-state index contributed by atoms with van der Waals surface area (Å²) >= 11 is 0. The predicted molar refractivity (Wildman–Crippen MR) is 99.8 cm³/mol. The third-order valence-corrected chi connectivity index (χ3v) is 5.53. The molecule has 0 bridgehead atoms. The summed E-state index contributed by atoms with van der Waals surface area (Å²) in [6.45, 7) is 0. The van der Waals surface area contributed by atoms with Crippen molar-refractivity contribution in [2.75, 3.05) is 0 Å². The van der Waals surface area contributed by atoms with E-state index in [0.717, 1.165) is 0 Å². The summed E-state index contributed by atoms with van der Waals surface area (Å²) in [4.78, 5) is 0. The van der Waals surface area contributed by atoms with Crippen molar-refractivity contribution in [2.45, 2.75) is 23.3 Å². The Labute approximate surface area is 186 Å². The summed E-state index contributed by atoms with van der Waals surface area (Å²) in [6, 6.07) is 5.58. The van der Waals surface area contributed by atoms with E-state index in [1.54, 1.807) is 24.3 Å². The first-order valence-electron chi connectivity index (χ1n) is 10.4. The standard InChI is InChI=1S/C20H11F9O3S/c21-17(22,19(25,26)27)18(23,24)20(28,29)33(30,31)32-16-9-7-13(8-10-16)15-6-5-12-3-1-2-4-14(12)11-15/h1-11H/i7D,8D,9D,10D. The van der Waals surface area contributed by atoms with Crippen LogP contribution >= 0.6 is 0 Å². The zero-order chi connectivity index (χ0) is 28.4. The molecule has 0 atom stereocenters. The fourth-order valence-electron chi connectivity index (χ4n) is 2.51. The molecule has 3 rings (SSSR count). The van der Waals surface area contributed by atoms with Crippen LogP contribution in [0.4, 0.5) is 39.5 Å². The summed E-state index contributed by atoms with van der Waals surface area (Å²) in [5, 5.41) is -6.00. The van der Waals surface area contributed by atoms with Crippen LogP contribution in [0.5, 0.6) is 5.75 Å². The molecule has 0 aliphatic heterocycles. The molecule has 33 heavy (non-hydrogen) atoms. The van der Waals surface area contributed by atoms with E-state index in [1.165, 1.54) is 18.2 Å². The van der Waals surface area contributed by atoms with Crippen LogP contribution in [-0.4, -0.2) is 31.7 Å². The lowest BCUT2D eigenvalue weighted by Crippen LogP contribution is -2.63. The smallest absolute Gasteiger partial charge is 0.378 e. The number of hydrogen-bond acceptors (Lipinski definition) is 3. The molecule has 13 heteroatoms. The van der Waals surface area contributed by atoms with Crippen LogP contribution in [0.3, 0.4) is 0 Å². The highest BCUT2D eigenvalue weighted by molar-refractivity contribution is 7.88. The van der Waals surface area contributed by atoms with E-state index in [1.807, 2.05) is 0 Å². The lowest BCUT2D eigenvalue weighted by molar-refractivity contribution is -0.382. The number of halogens is 9. The molecule has 0 heterocycles. The highest BCUT2D eigenvalue weighted by Crippen LogP contribution is 2.55. The van der Waals surface area contributed by atoms with Gasteiger partial charge in [-0.2, -0.15) is 47.9 Å². The van der Waals surface area contributed by atoms with Gasteiger partial charge in [0.05, 0.1) is 5.48 Å². The summed E-state index contributed by atoms with van der Waals surface area (Å²) in [5.41, 5.74) is -0.488. The number of hydrogen-bond donors (Lipinski definition) is 0. The van der Waals surface area contributed by atoms with Gasteiger partial charge in [0.1, 0.15) is 5.75 Å². The summed E-state index contributed by atoms with van der Waals surface area (Å²) in [5.74, 6) is -17.1. The molecule has 0 saturated heterocycles. The minimum absolute atomic E-state index is 0.0202. The Morgan fingerprint density at radius 3 is 1.79 bits per heavy atom. The molecule has 0 saturated carbocycles.